The summed E-state index contributed by atoms with van der Waals surface area (Å²) >= 11 is 0. The Morgan fingerprint density at radius 3 is 3.06 bits per heavy atom. The van der Waals surface area contributed by atoms with Crippen LogP contribution in [-0.4, -0.2) is 59.0 Å². The number of amides is 1. The van der Waals surface area contributed by atoms with Gasteiger partial charge in [0.1, 0.15) is 17.9 Å². The van der Waals surface area contributed by atoms with Gasteiger partial charge in [-0.05, 0) is 37.6 Å². The van der Waals surface area contributed by atoms with Crippen LogP contribution in [0.25, 0.3) is 28.1 Å². The Labute approximate surface area is 190 Å². The number of fused-ring (bicyclic) bond motifs is 2. The van der Waals surface area contributed by atoms with Crippen LogP contribution in [0, 0.1) is 0 Å². The molecule has 2 fully saturated rings. The molecule has 9 nitrogen and oxygen atoms in total. The van der Waals surface area contributed by atoms with E-state index in [1.54, 1.807) is 16.8 Å². The highest BCUT2D eigenvalue weighted by molar-refractivity contribution is 5.94. The summed E-state index contributed by atoms with van der Waals surface area (Å²) < 4.78 is 19.5. The maximum Gasteiger partial charge on any atom is 0.231 e. The van der Waals surface area contributed by atoms with Gasteiger partial charge in [0.2, 0.25) is 11.8 Å². The number of nitrogens with zero attached hydrogens (tertiary/aromatic N) is 4. The zero-order chi connectivity index (χ0) is 22.4. The van der Waals surface area contributed by atoms with E-state index in [9.17, 15) is 4.79 Å². The molecule has 9 heteroatoms. The van der Waals surface area contributed by atoms with Crippen LogP contribution in [0.3, 0.4) is 0 Å². The smallest absolute Gasteiger partial charge is 0.231 e. The predicted octanol–water partition coefficient (Wildman–Crippen LogP) is 3.03. The van der Waals surface area contributed by atoms with Gasteiger partial charge in [-0.3, -0.25) is 4.79 Å². The van der Waals surface area contributed by atoms with Gasteiger partial charge in [0, 0.05) is 36.7 Å². The number of benzene rings is 1. The molecule has 0 saturated carbocycles. The van der Waals surface area contributed by atoms with Crippen LogP contribution >= 0.6 is 0 Å². The molecule has 2 aliphatic heterocycles. The summed E-state index contributed by atoms with van der Waals surface area (Å²) in [6.45, 7) is 4.90. The van der Waals surface area contributed by atoms with Crippen molar-refractivity contribution in [2.75, 3.05) is 31.2 Å². The fraction of sp³-hybridized carbons (Fsp3) is 0.375. The van der Waals surface area contributed by atoms with Crippen molar-refractivity contribution in [3.05, 3.63) is 42.6 Å². The number of aromatic nitrogens is 3. The molecular formula is C24H25N5O4. The summed E-state index contributed by atoms with van der Waals surface area (Å²) in [5.41, 5.74) is 3.42. The average Bonchev–Trinajstić information content (AvgIpc) is 3.54. The molecule has 0 radical (unpaired) electrons. The van der Waals surface area contributed by atoms with Gasteiger partial charge in [-0.2, -0.15) is 0 Å². The predicted molar refractivity (Wildman–Crippen MR) is 122 cm³/mol. The van der Waals surface area contributed by atoms with E-state index in [4.69, 9.17) is 13.9 Å². The number of carbonyl (C=O) groups is 1. The van der Waals surface area contributed by atoms with E-state index in [-0.39, 0.29) is 18.1 Å². The highest BCUT2D eigenvalue weighted by Crippen LogP contribution is 2.35. The van der Waals surface area contributed by atoms with Gasteiger partial charge in [-0.15, -0.1) is 5.10 Å². The first-order valence-corrected chi connectivity index (χ1v) is 11.3. The van der Waals surface area contributed by atoms with Gasteiger partial charge in [0.15, 0.2) is 11.4 Å². The minimum Gasteiger partial charge on any atom is -0.474 e. The van der Waals surface area contributed by atoms with Gasteiger partial charge < -0.3 is 24.1 Å². The third-order valence-electron chi connectivity index (χ3n) is 6.23. The Morgan fingerprint density at radius 1 is 1.27 bits per heavy atom. The van der Waals surface area contributed by atoms with Crippen LogP contribution in [0.1, 0.15) is 19.8 Å². The molecule has 2 saturated heterocycles. The monoisotopic (exact) mass is 447 g/mol. The molecular weight excluding hydrogens is 422 g/mol. The molecule has 0 spiro atoms. The lowest BCUT2D eigenvalue weighted by Gasteiger charge is -2.33. The number of carbonyl (C=O) groups excluding carboxylic acids is 1. The van der Waals surface area contributed by atoms with E-state index >= 15 is 0 Å². The summed E-state index contributed by atoms with van der Waals surface area (Å²) in [7, 11) is 0. The van der Waals surface area contributed by atoms with Crippen molar-refractivity contribution in [3.8, 4) is 17.3 Å². The number of ether oxygens (including phenoxy) is 2. The minimum absolute atomic E-state index is 0.0222. The molecule has 4 aromatic rings. The first kappa shape index (κ1) is 20.0. The number of morpholine rings is 1. The maximum atomic E-state index is 11.4. The van der Waals surface area contributed by atoms with Crippen LogP contribution in [0.4, 0.5) is 5.69 Å². The van der Waals surface area contributed by atoms with E-state index < -0.39 is 0 Å². The number of imidazole rings is 1. The summed E-state index contributed by atoms with van der Waals surface area (Å²) in [5.74, 6) is 1.24. The second-order valence-electron chi connectivity index (χ2n) is 8.63. The van der Waals surface area contributed by atoms with Gasteiger partial charge in [0.05, 0.1) is 24.9 Å². The van der Waals surface area contributed by atoms with Gasteiger partial charge in [0.25, 0.3) is 0 Å². The van der Waals surface area contributed by atoms with Crippen LogP contribution < -0.4 is 15.0 Å². The van der Waals surface area contributed by atoms with Gasteiger partial charge in [-0.25, -0.2) is 9.50 Å². The fourth-order valence-electron chi connectivity index (χ4n) is 4.57. The van der Waals surface area contributed by atoms with Crippen LogP contribution in [0.2, 0.25) is 0 Å². The topological polar surface area (TPSA) is 94.1 Å². The second-order valence-corrected chi connectivity index (χ2v) is 8.63. The van der Waals surface area contributed by atoms with Crippen molar-refractivity contribution in [2.24, 2.45) is 0 Å². The van der Waals surface area contributed by atoms with Crippen molar-refractivity contribution >= 4 is 28.2 Å². The molecule has 0 unspecified atom stereocenters. The lowest BCUT2D eigenvalue weighted by atomic mass is 10.1. The number of furan rings is 1. The average molecular weight is 447 g/mol. The number of nitrogens with one attached hydrogen (secondary N) is 1. The van der Waals surface area contributed by atoms with Crippen LogP contribution in [-0.2, 0) is 9.53 Å². The molecule has 170 valence electrons. The van der Waals surface area contributed by atoms with E-state index in [0.29, 0.717) is 36.9 Å². The third-order valence-corrected chi connectivity index (χ3v) is 6.23. The van der Waals surface area contributed by atoms with Crippen molar-refractivity contribution in [1.82, 2.24) is 19.9 Å². The normalized spacial score (nSPS) is 21.1. The standard InChI is InChI=1S/C24H25N5O4/c1-15-13-28(9-10-31-15)18-3-2-4-20-17(18)11-21(33-20)19-12-25-22-6-8-24(27-29(19)22)32-14-16-5-7-23(30)26-16/h2-4,6,8,11-12,15-16H,5,7,9-10,13-14H2,1H3,(H,26,30)/t15-,16-/m1/s1. The summed E-state index contributed by atoms with van der Waals surface area (Å²) in [5, 5.41) is 8.58. The Balaban J connectivity index is 1.31. The van der Waals surface area contributed by atoms with Gasteiger partial charge >= 0.3 is 0 Å². The molecule has 1 amide bonds. The quantitative estimate of drug-likeness (QED) is 0.503. The molecule has 3 aromatic heterocycles. The highest BCUT2D eigenvalue weighted by atomic mass is 16.5. The molecule has 33 heavy (non-hydrogen) atoms. The zero-order valence-corrected chi connectivity index (χ0v) is 18.4. The van der Waals surface area contributed by atoms with Gasteiger partial charge in [-0.1, -0.05) is 6.07 Å². The SMILES string of the molecule is C[C@@H]1CN(c2cccc3oc(-c4cnc5ccc(OC[C@H]6CCC(=O)N6)nn45)cc23)CCO1. The lowest BCUT2D eigenvalue weighted by molar-refractivity contribution is -0.119. The van der Waals surface area contributed by atoms with E-state index in [1.165, 1.54) is 0 Å². The summed E-state index contributed by atoms with van der Waals surface area (Å²) in [4.78, 5) is 18.2. The van der Waals surface area contributed by atoms with Crippen molar-refractivity contribution < 1.29 is 18.7 Å². The minimum atomic E-state index is 0.0222. The van der Waals surface area contributed by atoms with Crippen molar-refractivity contribution in [3.63, 3.8) is 0 Å². The molecule has 1 N–H and O–H groups in total. The maximum absolute atomic E-state index is 11.4. The molecule has 5 heterocycles. The molecule has 1 aromatic carbocycles. The molecule has 2 atom stereocenters. The summed E-state index contributed by atoms with van der Waals surface area (Å²) in [6.07, 6.45) is 3.28. The summed E-state index contributed by atoms with van der Waals surface area (Å²) in [6, 6.07) is 11.9. The van der Waals surface area contributed by atoms with Crippen molar-refractivity contribution in [1.29, 1.82) is 0 Å². The Hall–Kier alpha value is -3.59. The molecule has 0 bridgehead atoms. The molecule has 6 rings (SSSR count). The number of hydrogen-bond acceptors (Lipinski definition) is 7. The Kier molecular flexibility index (Phi) is 4.91. The van der Waals surface area contributed by atoms with E-state index in [1.807, 2.05) is 18.2 Å². The first-order chi connectivity index (χ1) is 16.1. The zero-order valence-electron chi connectivity index (χ0n) is 18.4. The number of rotatable bonds is 5. The first-order valence-electron chi connectivity index (χ1n) is 11.3. The lowest BCUT2D eigenvalue weighted by Crippen LogP contribution is -2.41. The molecule has 0 aliphatic carbocycles. The third kappa shape index (κ3) is 3.78. The largest absolute Gasteiger partial charge is 0.474 e. The van der Waals surface area contributed by atoms with Crippen LogP contribution in [0.15, 0.2) is 47.0 Å². The Morgan fingerprint density at radius 2 is 2.21 bits per heavy atom. The second kappa shape index (κ2) is 8.08. The van der Waals surface area contributed by atoms with Crippen LogP contribution in [0.5, 0.6) is 5.88 Å². The highest BCUT2D eigenvalue weighted by Gasteiger charge is 2.23. The fourth-order valence-corrected chi connectivity index (χ4v) is 4.57. The number of anilines is 1. The number of hydrogen-bond donors (Lipinski definition) is 1. The van der Waals surface area contributed by atoms with Crippen molar-refractivity contribution in [2.45, 2.75) is 31.9 Å². The van der Waals surface area contributed by atoms with E-state index in [2.05, 4.69) is 39.4 Å². The van der Waals surface area contributed by atoms with E-state index in [0.717, 1.165) is 41.9 Å². The molecule has 2 aliphatic rings. The Bertz CT molecular complexity index is 1330.